The van der Waals surface area contributed by atoms with Gasteiger partial charge < -0.3 is 20.1 Å². The highest BCUT2D eigenvalue weighted by Gasteiger charge is 2.41. The highest BCUT2D eigenvalue weighted by molar-refractivity contribution is 8.00. The largest absolute Gasteiger partial charge is 0.378 e. The Bertz CT molecular complexity index is 673. The Balaban J connectivity index is 1.44. The minimum Gasteiger partial charge on any atom is -0.378 e. The molecule has 2 fully saturated rings. The molecule has 2 atom stereocenters. The molecule has 2 saturated heterocycles. The van der Waals surface area contributed by atoms with Crippen molar-refractivity contribution in [2.75, 3.05) is 30.9 Å². The highest BCUT2D eigenvalue weighted by Crippen LogP contribution is 2.34. The van der Waals surface area contributed by atoms with Crippen molar-refractivity contribution in [2.45, 2.75) is 35.8 Å². The standard InChI is InChI=1S/C17H20N2O4S/c20-15-9-24-14-2-1-11(7-13(14)19-15)16(21)18-12-3-5-23-17(8-12)4-6-22-10-17/h1-2,7,12H,3-6,8-10H2,(H,18,21)(H,19,20)/t12-,17+/m1/s1. The molecule has 0 bridgehead atoms. The third-order valence-corrected chi connectivity index (χ3v) is 5.84. The Morgan fingerprint density at radius 2 is 2.29 bits per heavy atom. The first kappa shape index (κ1) is 15.9. The number of amides is 2. The summed E-state index contributed by atoms with van der Waals surface area (Å²) < 4.78 is 11.4. The van der Waals surface area contributed by atoms with Gasteiger partial charge in [-0.3, -0.25) is 9.59 Å². The number of rotatable bonds is 2. The lowest BCUT2D eigenvalue weighted by Gasteiger charge is -2.37. The number of nitrogens with one attached hydrogen (secondary N) is 2. The third kappa shape index (κ3) is 3.16. The van der Waals surface area contributed by atoms with Gasteiger partial charge in [0.05, 0.1) is 23.6 Å². The van der Waals surface area contributed by atoms with E-state index in [1.807, 2.05) is 12.1 Å². The minimum atomic E-state index is -0.226. The highest BCUT2D eigenvalue weighted by atomic mass is 32.2. The van der Waals surface area contributed by atoms with Crippen molar-refractivity contribution in [3.05, 3.63) is 23.8 Å². The normalized spacial score (nSPS) is 29.2. The quantitative estimate of drug-likeness (QED) is 0.852. The predicted octanol–water partition coefficient (Wildman–Crippen LogP) is 1.80. The maximum atomic E-state index is 12.6. The van der Waals surface area contributed by atoms with E-state index in [9.17, 15) is 9.59 Å². The molecule has 4 rings (SSSR count). The number of hydrogen-bond acceptors (Lipinski definition) is 5. The van der Waals surface area contributed by atoms with E-state index in [2.05, 4.69) is 10.6 Å². The monoisotopic (exact) mass is 348 g/mol. The van der Waals surface area contributed by atoms with Crippen molar-refractivity contribution in [2.24, 2.45) is 0 Å². The molecule has 2 N–H and O–H groups in total. The number of fused-ring (bicyclic) bond motifs is 1. The molecule has 1 aromatic rings. The van der Waals surface area contributed by atoms with Crippen molar-refractivity contribution >= 4 is 29.3 Å². The van der Waals surface area contributed by atoms with E-state index in [0.29, 0.717) is 24.5 Å². The van der Waals surface area contributed by atoms with Crippen LogP contribution in [0, 0.1) is 0 Å². The summed E-state index contributed by atoms with van der Waals surface area (Å²) in [7, 11) is 0. The topological polar surface area (TPSA) is 76.7 Å². The molecule has 3 aliphatic heterocycles. The summed E-state index contributed by atoms with van der Waals surface area (Å²) >= 11 is 1.49. The molecule has 3 aliphatic rings. The molecule has 2 amide bonds. The molecule has 0 aromatic heterocycles. The van der Waals surface area contributed by atoms with Gasteiger partial charge in [0.15, 0.2) is 0 Å². The fourth-order valence-corrected chi connectivity index (χ4v) is 4.30. The zero-order chi connectivity index (χ0) is 16.6. The maximum Gasteiger partial charge on any atom is 0.251 e. The Hall–Kier alpha value is -1.57. The Morgan fingerprint density at radius 1 is 1.38 bits per heavy atom. The van der Waals surface area contributed by atoms with Crippen LogP contribution in [0.1, 0.15) is 29.6 Å². The first-order valence-corrected chi connectivity index (χ1v) is 9.21. The molecule has 1 spiro atoms. The summed E-state index contributed by atoms with van der Waals surface area (Å²) in [5.74, 6) is 0.284. The fraction of sp³-hybridized carbons (Fsp3) is 0.529. The van der Waals surface area contributed by atoms with Crippen LogP contribution in [0.25, 0.3) is 0 Å². The summed E-state index contributed by atoms with van der Waals surface area (Å²) in [4.78, 5) is 25.1. The third-order valence-electron chi connectivity index (χ3n) is 4.77. The lowest BCUT2D eigenvalue weighted by Crippen LogP contribution is -2.49. The van der Waals surface area contributed by atoms with E-state index in [1.54, 1.807) is 6.07 Å². The second-order valence-electron chi connectivity index (χ2n) is 6.55. The Labute approximate surface area is 144 Å². The van der Waals surface area contributed by atoms with Gasteiger partial charge in [-0.2, -0.15) is 0 Å². The van der Waals surface area contributed by atoms with E-state index in [4.69, 9.17) is 9.47 Å². The van der Waals surface area contributed by atoms with E-state index in [1.165, 1.54) is 11.8 Å². The van der Waals surface area contributed by atoms with Crippen LogP contribution in [0.2, 0.25) is 0 Å². The van der Waals surface area contributed by atoms with E-state index in [0.717, 1.165) is 36.5 Å². The number of hydrogen-bond donors (Lipinski definition) is 2. The minimum absolute atomic E-state index is 0.0299. The zero-order valence-electron chi connectivity index (χ0n) is 13.3. The molecule has 3 heterocycles. The molecule has 0 saturated carbocycles. The van der Waals surface area contributed by atoms with Gasteiger partial charge in [0.25, 0.3) is 5.91 Å². The van der Waals surface area contributed by atoms with Gasteiger partial charge in [-0.25, -0.2) is 0 Å². The Kier molecular flexibility index (Phi) is 4.24. The lowest BCUT2D eigenvalue weighted by atomic mass is 9.89. The van der Waals surface area contributed by atoms with Crippen LogP contribution in [-0.2, 0) is 14.3 Å². The van der Waals surface area contributed by atoms with Gasteiger partial charge in [-0.1, -0.05) is 0 Å². The van der Waals surface area contributed by atoms with Crippen molar-refractivity contribution in [1.29, 1.82) is 0 Å². The van der Waals surface area contributed by atoms with E-state index in [-0.39, 0.29) is 23.5 Å². The Morgan fingerprint density at radius 3 is 3.12 bits per heavy atom. The number of benzene rings is 1. The van der Waals surface area contributed by atoms with Crippen molar-refractivity contribution < 1.29 is 19.1 Å². The first-order chi connectivity index (χ1) is 11.6. The maximum absolute atomic E-state index is 12.6. The van der Waals surface area contributed by atoms with Gasteiger partial charge in [0.2, 0.25) is 5.91 Å². The van der Waals surface area contributed by atoms with Crippen LogP contribution < -0.4 is 10.6 Å². The SMILES string of the molecule is O=C1CSc2ccc(C(=O)N[C@@H]3CCO[C@@]4(CCOC4)C3)cc2N1. The summed E-state index contributed by atoms with van der Waals surface area (Å²) in [5.41, 5.74) is 1.06. The van der Waals surface area contributed by atoms with Gasteiger partial charge >= 0.3 is 0 Å². The second-order valence-corrected chi connectivity index (χ2v) is 7.56. The molecular formula is C17H20N2O4S. The molecule has 1 aromatic carbocycles. The molecular weight excluding hydrogens is 328 g/mol. The number of anilines is 1. The van der Waals surface area contributed by atoms with Crippen LogP contribution >= 0.6 is 11.8 Å². The molecule has 7 heteroatoms. The number of carbonyl (C=O) groups is 2. The van der Waals surface area contributed by atoms with Crippen molar-refractivity contribution in [3.63, 3.8) is 0 Å². The van der Waals surface area contributed by atoms with Crippen molar-refractivity contribution in [3.8, 4) is 0 Å². The summed E-state index contributed by atoms with van der Waals surface area (Å²) in [6.45, 7) is 1.98. The van der Waals surface area contributed by atoms with E-state index >= 15 is 0 Å². The van der Waals surface area contributed by atoms with Crippen LogP contribution in [-0.4, -0.2) is 49.0 Å². The van der Waals surface area contributed by atoms with Gasteiger partial charge in [-0.15, -0.1) is 11.8 Å². The summed E-state index contributed by atoms with van der Waals surface area (Å²) in [6.07, 6.45) is 2.49. The average Bonchev–Trinajstić information content (AvgIpc) is 3.01. The molecule has 24 heavy (non-hydrogen) atoms. The van der Waals surface area contributed by atoms with Gasteiger partial charge in [0.1, 0.15) is 0 Å². The van der Waals surface area contributed by atoms with E-state index < -0.39 is 0 Å². The molecule has 0 radical (unpaired) electrons. The van der Waals surface area contributed by atoms with Crippen LogP contribution in [0.3, 0.4) is 0 Å². The summed E-state index contributed by atoms with van der Waals surface area (Å²) in [6, 6.07) is 5.55. The summed E-state index contributed by atoms with van der Waals surface area (Å²) in [5, 5.41) is 5.93. The van der Waals surface area contributed by atoms with Gasteiger partial charge in [-0.05, 0) is 31.0 Å². The second kappa shape index (κ2) is 6.38. The van der Waals surface area contributed by atoms with Crippen LogP contribution in [0.4, 0.5) is 5.69 Å². The molecule has 128 valence electrons. The zero-order valence-corrected chi connectivity index (χ0v) is 14.1. The smallest absolute Gasteiger partial charge is 0.251 e. The molecule has 0 aliphatic carbocycles. The molecule has 0 unspecified atom stereocenters. The van der Waals surface area contributed by atoms with Gasteiger partial charge in [0, 0.05) is 36.1 Å². The molecule has 6 nitrogen and oxygen atoms in total. The fourth-order valence-electron chi connectivity index (χ4n) is 3.51. The number of thioether (sulfide) groups is 1. The lowest BCUT2D eigenvalue weighted by molar-refractivity contribution is -0.113. The predicted molar refractivity (Wildman–Crippen MR) is 90.4 cm³/mol. The number of ether oxygens (including phenoxy) is 2. The van der Waals surface area contributed by atoms with Crippen LogP contribution in [0.5, 0.6) is 0 Å². The number of carbonyl (C=O) groups excluding carboxylic acids is 2. The van der Waals surface area contributed by atoms with Crippen LogP contribution in [0.15, 0.2) is 23.1 Å². The first-order valence-electron chi connectivity index (χ1n) is 8.23. The van der Waals surface area contributed by atoms with Crippen molar-refractivity contribution in [1.82, 2.24) is 5.32 Å². The average molecular weight is 348 g/mol.